The number of hydrogen-bond donors (Lipinski definition) is 2. The van der Waals surface area contributed by atoms with Crippen molar-refractivity contribution in [3.05, 3.63) is 89.0 Å². The van der Waals surface area contributed by atoms with Crippen molar-refractivity contribution >= 4 is 39.7 Å². The summed E-state index contributed by atoms with van der Waals surface area (Å²) in [5.41, 5.74) is 3.80. The van der Waals surface area contributed by atoms with Crippen LogP contribution in [0.2, 0.25) is 5.02 Å². The smallest absolute Gasteiger partial charge is 0.141 e. The molecule has 0 aliphatic rings. The van der Waals surface area contributed by atoms with Gasteiger partial charge in [-0.25, -0.2) is 14.4 Å². The fraction of sp³-hybridized carbons (Fsp3) is 0.0455. The predicted molar refractivity (Wildman–Crippen MR) is 113 cm³/mol. The van der Waals surface area contributed by atoms with Crippen molar-refractivity contribution in [2.75, 3.05) is 10.6 Å². The number of rotatable bonds is 5. The Morgan fingerprint density at radius 2 is 1.83 bits per heavy atom. The van der Waals surface area contributed by atoms with Gasteiger partial charge in [0.25, 0.3) is 0 Å². The van der Waals surface area contributed by atoms with Gasteiger partial charge in [-0.05, 0) is 48.0 Å². The summed E-state index contributed by atoms with van der Waals surface area (Å²) < 4.78 is 13.4. The Kier molecular flexibility index (Phi) is 5.23. The van der Waals surface area contributed by atoms with E-state index in [1.807, 2.05) is 36.4 Å². The van der Waals surface area contributed by atoms with Crippen molar-refractivity contribution in [3.8, 4) is 6.07 Å². The van der Waals surface area contributed by atoms with Crippen molar-refractivity contribution in [2.45, 2.75) is 6.54 Å². The van der Waals surface area contributed by atoms with E-state index in [-0.39, 0.29) is 5.02 Å². The largest absolute Gasteiger partial charge is 0.381 e. The number of nitrogens with zero attached hydrogens (tertiary/aromatic N) is 3. The quantitative estimate of drug-likeness (QED) is 0.450. The van der Waals surface area contributed by atoms with Crippen LogP contribution in [0.25, 0.3) is 10.9 Å². The Hall–Kier alpha value is -3.69. The molecule has 3 aromatic carbocycles. The molecular formula is C22H15ClFN5. The number of halogens is 2. The summed E-state index contributed by atoms with van der Waals surface area (Å²) in [5.74, 6) is 0.104. The molecule has 7 heteroatoms. The van der Waals surface area contributed by atoms with Gasteiger partial charge >= 0.3 is 0 Å². The maximum absolute atomic E-state index is 13.4. The molecule has 4 aromatic rings. The molecule has 0 aliphatic carbocycles. The Balaban J connectivity index is 1.62. The summed E-state index contributed by atoms with van der Waals surface area (Å²) in [6.07, 6.45) is 1.46. The van der Waals surface area contributed by atoms with Gasteiger partial charge in [-0.3, -0.25) is 0 Å². The molecule has 4 rings (SSSR count). The number of nitrogens with one attached hydrogen (secondary N) is 2. The Morgan fingerprint density at radius 3 is 2.66 bits per heavy atom. The third-order valence-corrected chi connectivity index (χ3v) is 4.73. The van der Waals surface area contributed by atoms with Crippen LogP contribution in [0.1, 0.15) is 11.1 Å². The molecule has 0 radical (unpaired) electrons. The molecule has 0 bridgehead atoms. The fourth-order valence-corrected chi connectivity index (χ4v) is 3.14. The highest BCUT2D eigenvalue weighted by atomic mass is 35.5. The van der Waals surface area contributed by atoms with Crippen molar-refractivity contribution in [1.82, 2.24) is 9.97 Å². The van der Waals surface area contributed by atoms with Crippen LogP contribution in [0.3, 0.4) is 0 Å². The molecule has 2 N–H and O–H groups in total. The first-order chi connectivity index (χ1) is 14.1. The van der Waals surface area contributed by atoms with E-state index in [9.17, 15) is 9.65 Å². The molecule has 0 saturated carbocycles. The second kappa shape index (κ2) is 8.13. The van der Waals surface area contributed by atoms with E-state index in [1.54, 1.807) is 12.1 Å². The standard InChI is InChI=1S/C22H15ClFN5/c23-19-10-17(5-7-20(19)24)29-22-18-9-16(6-8-21(18)27-13-28-22)26-12-15-4-2-1-3-14(15)11-25/h1-10,13,26H,12H2,(H,27,28,29). The summed E-state index contributed by atoms with van der Waals surface area (Å²) in [6, 6.07) is 19.8. The second-order valence-corrected chi connectivity index (χ2v) is 6.74. The molecule has 0 amide bonds. The van der Waals surface area contributed by atoms with Crippen LogP contribution in [0.4, 0.5) is 21.6 Å². The molecule has 5 nitrogen and oxygen atoms in total. The lowest BCUT2D eigenvalue weighted by atomic mass is 10.1. The first-order valence-corrected chi connectivity index (χ1v) is 9.20. The van der Waals surface area contributed by atoms with E-state index >= 15 is 0 Å². The van der Waals surface area contributed by atoms with Crippen LogP contribution in [-0.2, 0) is 6.54 Å². The average molecular weight is 404 g/mol. The normalized spacial score (nSPS) is 10.5. The molecule has 0 aliphatic heterocycles. The topological polar surface area (TPSA) is 73.6 Å². The number of anilines is 3. The summed E-state index contributed by atoms with van der Waals surface area (Å²) in [6.45, 7) is 0.513. The van der Waals surface area contributed by atoms with Gasteiger partial charge in [0.1, 0.15) is 18.0 Å². The van der Waals surface area contributed by atoms with Gasteiger partial charge in [-0.2, -0.15) is 5.26 Å². The van der Waals surface area contributed by atoms with Crippen molar-refractivity contribution in [1.29, 1.82) is 5.26 Å². The number of fused-ring (bicyclic) bond motifs is 1. The minimum Gasteiger partial charge on any atom is -0.381 e. The Morgan fingerprint density at radius 1 is 1.00 bits per heavy atom. The highest BCUT2D eigenvalue weighted by Crippen LogP contribution is 2.28. The number of benzene rings is 3. The van der Waals surface area contributed by atoms with Crippen LogP contribution in [-0.4, -0.2) is 9.97 Å². The first kappa shape index (κ1) is 18.7. The van der Waals surface area contributed by atoms with Gasteiger partial charge in [0.05, 0.1) is 22.2 Å². The lowest BCUT2D eigenvalue weighted by Crippen LogP contribution is -2.02. The molecule has 142 valence electrons. The minimum atomic E-state index is -0.478. The summed E-state index contributed by atoms with van der Waals surface area (Å²) in [5, 5.41) is 16.6. The van der Waals surface area contributed by atoms with E-state index in [1.165, 1.54) is 18.5 Å². The third kappa shape index (κ3) is 4.10. The summed E-state index contributed by atoms with van der Waals surface area (Å²) >= 11 is 5.87. The maximum atomic E-state index is 13.4. The van der Waals surface area contributed by atoms with Crippen LogP contribution in [0.15, 0.2) is 67.0 Å². The minimum absolute atomic E-state index is 0.0341. The summed E-state index contributed by atoms with van der Waals surface area (Å²) in [7, 11) is 0. The zero-order valence-electron chi connectivity index (χ0n) is 15.2. The van der Waals surface area contributed by atoms with E-state index in [0.717, 1.165) is 22.2 Å². The molecular weight excluding hydrogens is 389 g/mol. The van der Waals surface area contributed by atoms with Gasteiger partial charge in [-0.15, -0.1) is 0 Å². The molecule has 1 heterocycles. The second-order valence-electron chi connectivity index (χ2n) is 6.33. The van der Waals surface area contributed by atoms with Crippen LogP contribution < -0.4 is 10.6 Å². The van der Waals surface area contributed by atoms with Crippen LogP contribution >= 0.6 is 11.6 Å². The Bertz CT molecular complexity index is 1240. The van der Waals surface area contributed by atoms with E-state index in [2.05, 4.69) is 26.7 Å². The van der Waals surface area contributed by atoms with Gasteiger partial charge in [-0.1, -0.05) is 29.8 Å². The molecule has 0 unspecified atom stereocenters. The molecule has 0 saturated heterocycles. The highest BCUT2D eigenvalue weighted by Gasteiger charge is 2.08. The van der Waals surface area contributed by atoms with E-state index in [0.29, 0.717) is 23.6 Å². The lowest BCUT2D eigenvalue weighted by molar-refractivity contribution is 0.628. The van der Waals surface area contributed by atoms with Crippen LogP contribution in [0.5, 0.6) is 0 Å². The van der Waals surface area contributed by atoms with Gasteiger partial charge in [0.2, 0.25) is 0 Å². The summed E-state index contributed by atoms with van der Waals surface area (Å²) in [4.78, 5) is 8.61. The van der Waals surface area contributed by atoms with Gasteiger partial charge in [0, 0.05) is 23.3 Å². The number of aromatic nitrogens is 2. The molecule has 29 heavy (non-hydrogen) atoms. The maximum Gasteiger partial charge on any atom is 0.141 e. The van der Waals surface area contributed by atoms with Gasteiger partial charge in [0.15, 0.2) is 0 Å². The zero-order chi connectivity index (χ0) is 20.2. The van der Waals surface area contributed by atoms with Crippen LogP contribution in [0, 0.1) is 17.1 Å². The number of nitriles is 1. The fourth-order valence-electron chi connectivity index (χ4n) is 2.96. The Labute approximate surface area is 171 Å². The monoisotopic (exact) mass is 403 g/mol. The van der Waals surface area contributed by atoms with Crippen molar-refractivity contribution < 1.29 is 4.39 Å². The number of hydrogen-bond acceptors (Lipinski definition) is 5. The predicted octanol–water partition coefficient (Wildman–Crippen LogP) is 5.65. The molecule has 0 spiro atoms. The van der Waals surface area contributed by atoms with Gasteiger partial charge < -0.3 is 10.6 Å². The molecule has 0 atom stereocenters. The van der Waals surface area contributed by atoms with E-state index in [4.69, 9.17) is 11.6 Å². The zero-order valence-corrected chi connectivity index (χ0v) is 15.9. The lowest BCUT2D eigenvalue weighted by Gasteiger charge is -2.12. The van der Waals surface area contributed by atoms with Crippen molar-refractivity contribution in [2.24, 2.45) is 0 Å². The highest BCUT2D eigenvalue weighted by molar-refractivity contribution is 6.31. The molecule has 1 aromatic heterocycles. The molecule has 0 fully saturated rings. The van der Waals surface area contributed by atoms with E-state index < -0.39 is 5.82 Å². The average Bonchev–Trinajstić information content (AvgIpc) is 2.75. The third-order valence-electron chi connectivity index (χ3n) is 4.44. The van der Waals surface area contributed by atoms with Crippen molar-refractivity contribution in [3.63, 3.8) is 0 Å². The first-order valence-electron chi connectivity index (χ1n) is 8.83. The SMILES string of the molecule is N#Cc1ccccc1CNc1ccc2ncnc(Nc3ccc(F)c(Cl)c3)c2c1.